The summed E-state index contributed by atoms with van der Waals surface area (Å²) in [6.07, 6.45) is 0.723. The molecule has 0 aliphatic rings. The number of rotatable bonds is 9. The number of halogens is 1. The Morgan fingerprint density at radius 3 is 2.57 bits per heavy atom. The van der Waals surface area contributed by atoms with Crippen LogP contribution < -0.4 is 10.1 Å². The fourth-order valence-electron chi connectivity index (χ4n) is 2.94. The lowest BCUT2D eigenvalue weighted by molar-refractivity contribution is -0.113. The summed E-state index contributed by atoms with van der Waals surface area (Å²) in [4.78, 5) is 12.3. The molecule has 1 heterocycles. The normalized spacial score (nSPS) is 11.9. The van der Waals surface area contributed by atoms with E-state index in [2.05, 4.69) is 34.6 Å². The molecule has 8 heteroatoms. The lowest BCUT2D eigenvalue weighted by atomic mass is 10.2. The van der Waals surface area contributed by atoms with Crippen molar-refractivity contribution in [3.8, 4) is 5.75 Å². The molecule has 0 aliphatic heterocycles. The number of benzene rings is 2. The van der Waals surface area contributed by atoms with Crippen molar-refractivity contribution in [2.24, 2.45) is 0 Å². The molecule has 2 aromatic carbocycles. The topological polar surface area (TPSA) is 69.0 Å². The predicted octanol–water partition coefficient (Wildman–Crippen LogP) is 5.38. The quantitative estimate of drug-likeness (QED) is 0.448. The summed E-state index contributed by atoms with van der Waals surface area (Å²) >= 11 is 7.43. The summed E-state index contributed by atoms with van der Waals surface area (Å²) in [5, 5.41) is 12.6. The second-order valence-corrected chi connectivity index (χ2v) is 8.01. The van der Waals surface area contributed by atoms with Crippen LogP contribution in [0.1, 0.15) is 38.3 Å². The van der Waals surface area contributed by atoms with Crippen LogP contribution in [0.25, 0.3) is 0 Å². The molecule has 0 unspecified atom stereocenters. The number of carbonyl (C=O) groups excluding carboxylic acids is 1. The van der Waals surface area contributed by atoms with E-state index in [0.29, 0.717) is 22.4 Å². The number of nitrogens with one attached hydrogen (secondary N) is 1. The van der Waals surface area contributed by atoms with Gasteiger partial charge in [0.25, 0.3) is 0 Å². The second kappa shape index (κ2) is 10.5. The molecule has 1 N–H and O–H groups in total. The van der Waals surface area contributed by atoms with Crippen LogP contribution in [0.5, 0.6) is 5.75 Å². The highest BCUT2D eigenvalue weighted by molar-refractivity contribution is 7.99. The van der Waals surface area contributed by atoms with Gasteiger partial charge >= 0.3 is 0 Å². The number of amides is 1. The van der Waals surface area contributed by atoms with E-state index in [0.717, 1.165) is 18.0 Å². The lowest BCUT2D eigenvalue weighted by Crippen LogP contribution is -2.15. The minimum absolute atomic E-state index is 0.152. The van der Waals surface area contributed by atoms with E-state index < -0.39 is 0 Å². The molecule has 1 atom stereocenters. The Morgan fingerprint density at radius 2 is 1.90 bits per heavy atom. The van der Waals surface area contributed by atoms with Crippen LogP contribution in [0.4, 0.5) is 5.69 Å². The third-order valence-corrected chi connectivity index (χ3v) is 5.85. The Hall–Kier alpha value is -2.51. The highest BCUT2D eigenvalue weighted by Gasteiger charge is 2.19. The fourth-order valence-corrected chi connectivity index (χ4v) is 3.94. The summed E-state index contributed by atoms with van der Waals surface area (Å²) in [5.74, 6) is 1.57. The molecule has 1 aromatic heterocycles. The molecular formula is C22H25ClN4O2S. The van der Waals surface area contributed by atoms with Crippen molar-refractivity contribution in [3.63, 3.8) is 0 Å². The number of anilines is 1. The van der Waals surface area contributed by atoms with E-state index in [1.165, 1.54) is 17.3 Å². The first kappa shape index (κ1) is 22.2. The third-order valence-electron chi connectivity index (χ3n) is 4.55. The van der Waals surface area contributed by atoms with Gasteiger partial charge in [-0.1, -0.05) is 54.6 Å². The average Bonchev–Trinajstić information content (AvgIpc) is 3.17. The molecule has 0 bridgehead atoms. The Morgan fingerprint density at radius 1 is 1.17 bits per heavy atom. The van der Waals surface area contributed by atoms with Gasteiger partial charge in [-0.05, 0) is 50.1 Å². The van der Waals surface area contributed by atoms with Crippen LogP contribution >= 0.6 is 23.4 Å². The summed E-state index contributed by atoms with van der Waals surface area (Å²) in [6.45, 7) is 6.77. The van der Waals surface area contributed by atoms with Crippen molar-refractivity contribution in [1.82, 2.24) is 14.8 Å². The van der Waals surface area contributed by atoms with Crippen LogP contribution in [0, 0.1) is 0 Å². The first-order valence-electron chi connectivity index (χ1n) is 9.87. The molecule has 3 aromatic rings. The predicted molar refractivity (Wildman–Crippen MR) is 121 cm³/mol. The molecule has 6 nitrogen and oxygen atoms in total. The standard InChI is InChI=1S/C22H25ClN4O2S/c1-4-16-10-12-17(13-11-16)29-15(3)21-25-26-22(27(21)5-2)30-14-20(28)24-19-9-7-6-8-18(19)23/h6-13,15H,4-5,14H2,1-3H3,(H,24,28)/t15-/m0/s1. The SMILES string of the molecule is CCc1ccc(O[C@@H](C)c2nnc(SCC(=O)Nc3ccccc3Cl)n2CC)cc1. The highest BCUT2D eigenvalue weighted by atomic mass is 35.5. The van der Waals surface area contributed by atoms with E-state index in [-0.39, 0.29) is 17.8 Å². The number of aromatic nitrogens is 3. The number of hydrogen-bond acceptors (Lipinski definition) is 5. The van der Waals surface area contributed by atoms with Gasteiger partial charge in [0.15, 0.2) is 17.1 Å². The van der Waals surface area contributed by atoms with E-state index >= 15 is 0 Å². The largest absolute Gasteiger partial charge is 0.483 e. The molecule has 1 amide bonds. The maximum atomic E-state index is 12.3. The average molecular weight is 445 g/mol. The van der Waals surface area contributed by atoms with Gasteiger partial charge in [-0.2, -0.15) is 0 Å². The molecule has 0 fully saturated rings. The number of nitrogens with zero attached hydrogens (tertiary/aromatic N) is 3. The van der Waals surface area contributed by atoms with Crippen molar-refractivity contribution in [2.75, 3.05) is 11.1 Å². The molecule has 158 valence electrons. The smallest absolute Gasteiger partial charge is 0.234 e. The number of aryl methyl sites for hydroxylation is 1. The van der Waals surface area contributed by atoms with Crippen LogP contribution in [0.3, 0.4) is 0 Å². The van der Waals surface area contributed by atoms with Crippen molar-refractivity contribution in [1.29, 1.82) is 0 Å². The molecule has 30 heavy (non-hydrogen) atoms. The number of hydrogen-bond donors (Lipinski definition) is 1. The van der Waals surface area contributed by atoms with Gasteiger partial charge in [-0.25, -0.2) is 0 Å². The maximum Gasteiger partial charge on any atom is 0.234 e. The highest BCUT2D eigenvalue weighted by Crippen LogP contribution is 2.26. The van der Waals surface area contributed by atoms with Crippen molar-refractivity contribution in [2.45, 2.75) is 45.0 Å². The van der Waals surface area contributed by atoms with Gasteiger partial charge < -0.3 is 14.6 Å². The van der Waals surface area contributed by atoms with Crippen molar-refractivity contribution in [3.05, 3.63) is 64.9 Å². The lowest BCUT2D eigenvalue weighted by Gasteiger charge is -2.16. The third kappa shape index (κ3) is 5.55. The van der Waals surface area contributed by atoms with E-state index in [4.69, 9.17) is 16.3 Å². The van der Waals surface area contributed by atoms with Crippen LogP contribution in [-0.2, 0) is 17.8 Å². The Balaban J connectivity index is 1.62. The molecule has 0 saturated heterocycles. The Bertz CT molecular complexity index is 991. The van der Waals surface area contributed by atoms with E-state index in [1.807, 2.05) is 42.7 Å². The molecular weight excluding hydrogens is 420 g/mol. The summed E-state index contributed by atoms with van der Waals surface area (Å²) in [5.41, 5.74) is 1.86. The van der Waals surface area contributed by atoms with Crippen molar-refractivity contribution >= 4 is 35.0 Å². The molecule has 0 radical (unpaired) electrons. The van der Waals surface area contributed by atoms with Crippen LogP contribution in [0.2, 0.25) is 5.02 Å². The first-order valence-corrected chi connectivity index (χ1v) is 11.2. The molecule has 0 spiro atoms. The van der Waals surface area contributed by atoms with Gasteiger partial charge in [-0.15, -0.1) is 10.2 Å². The monoisotopic (exact) mass is 444 g/mol. The summed E-state index contributed by atoms with van der Waals surface area (Å²) in [6, 6.07) is 15.2. The van der Waals surface area contributed by atoms with Gasteiger partial charge in [-0.3, -0.25) is 4.79 Å². The zero-order valence-electron chi connectivity index (χ0n) is 17.3. The summed E-state index contributed by atoms with van der Waals surface area (Å²) < 4.78 is 8.02. The molecule has 0 aliphatic carbocycles. The maximum absolute atomic E-state index is 12.3. The van der Waals surface area contributed by atoms with Gasteiger partial charge in [0.05, 0.1) is 16.5 Å². The van der Waals surface area contributed by atoms with E-state index in [1.54, 1.807) is 12.1 Å². The summed E-state index contributed by atoms with van der Waals surface area (Å²) in [7, 11) is 0. The number of carbonyl (C=O) groups is 1. The van der Waals surface area contributed by atoms with Crippen LogP contribution in [0.15, 0.2) is 53.7 Å². The minimum atomic E-state index is -0.267. The van der Waals surface area contributed by atoms with Gasteiger partial charge in [0.2, 0.25) is 5.91 Å². The number of thioether (sulfide) groups is 1. The molecule has 3 rings (SSSR count). The van der Waals surface area contributed by atoms with Gasteiger partial charge in [0.1, 0.15) is 5.75 Å². The number of ether oxygens (including phenoxy) is 1. The van der Waals surface area contributed by atoms with E-state index in [9.17, 15) is 4.79 Å². The number of para-hydroxylation sites is 1. The second-order valence-electron chi connectivity index (χ2n) is 6.66. The van der Waals surface area contributed by atoms with Crippen molar-refractivity contribution < 1.29 is 9.53 Å². The van der Waals surface area contributed by atoms with Gasteiger partial charge in [0, 0.05) is 6.54 Å². The first-order chi connectivity index (χ1) is 14.5. The Labute approximate surface area is 186 Å². The minimum Gasteiger partial charge on any atom is -0.483 e. The Kier molecular flexibility index (Phi) is 7.76. The zero-order valence-corrected chi connectivity index (χ0v) is 18.8. The zero-order chi connectivity index (χ0) is 21.5. The van der Waals surface area contributed by atoms with Crippen LogP contribution in [-0.4, -0.2) is 26.4 Å². The fraction of sp³-hybridized carbons (Fsp3) is 0.318. The molecule has 0 saturated carbocycles.